The molecule has 0 aliphatic rings. The number of furan rings is 1. The third-order valence-corrected chi connectivity index (χ3v) is 11.0. The first-order chi connectivity index (χ1) is 23.3. The Balaban J connectivity index is 0.000000269. The topological polar surface area (TPSA) is 76.2 Å². The molecular formula is C44H51IrN2O3-. The van der Waals surface area contributed by atoms with Crippen LogP contribution in [0, 0.1) is 30.7 Å². The normalized spacial score (nSPS) is 12.4. The summed E-state index contributed by atoms with van der Waals surface area (Å²) >= 11 is 0. The predicted molar refractivity (Wildman–Crippen MR) is 205 cm³/mol. The average Bonchev–Trinajstić information content (AvgIpc) is 3.48. The molecule has 0 amide bonds. The Bertz CT molecular complexity index is 2190. The molecule has 0 saturated heterocycles. The van der Waals surface area contributed by atoms with E-state index in [0.717, 1.165) is 75.6 Å². The van der Waals surface area contributed by atoms with Crippen LogP contribution in [0.5, 0.6) is 0 Å². The molecular weight excluding hydrogens is 797 g/mol. The van der Waals surface area contributed by atoms with Crippen LogP contribution in [0.3, 0.4) is 0 Å². The number of carbonyl (C=O) groups excluding carboxylic acids is 1. The van der Waals surface area contributed by atoms with Gasteiger partial charge in [0.25, 0.3) is 0 Å². The number of carbonyl (C=O) groups is 1. The minimum Gasteiger partial charge on any atom is -0.512 e. The smallest absolute Gasteiger partial charge is 0.164 e. The summed E-state index contributed by atoms with van der Waals surface area (Å²) in [4.78, 5) is 21.9. The maximum atomic E-state index is 12.2. The summed E-state index contributed by atoms with van der Waals surface area (Å²) in [5.41, 5.74) is 6.34. The summed E-state index contributed by atoms with van der Waals surface area (Å²) in [7, 11) is 0. The molecule has 6 rings (SSSR count). The zero-order valence-corrected chi connectivity index (χ0v) is 33.6. The van der Waals surface area contributed by atoms with Crippen molar-refractivity contribution >= 4 is 49.4 Å². The molecule has 0 unspecified atom stereocenters. The number of aliphatic hydroxyl groups excluding tert-OH is 1. The van der Waals surface area contributed by atoms with E-state index in [1.165, 1.54) is 28.0 Å². The number of nitrogens with zero attached hydrogens (tertiary/aromatic N) is 2. The summed E-state index contributed by atoms with van der Waals surface area (Å²) in [5.74, 6) is 1.48. The molecule has 0 atom stereocenters. The van der Waals surface area contributed by atoms with Crippen molar-refractivity contribution in [2.45, 2.75) is 101 Å². The number of hydrogen-bond acceptors (Lipinski definition) is 5. The van der Waals surface area contributed by atoms with E-state index in [0.29, 0.717) is 5.92 Å². The third-order valence-electron chi connectivity index (χ3n) is 11.0. The summed E-state index contributed by atoms with van der Waals surface area (Å²) in [6.45, 7) is 20.6. The van der Waals surface area contributed by atoms with Gasteiger partial charge >= 0.3 is 0 Å². The molecule has 4 aromatic carbocycles. The maximum Gasteiger partial charge on any atom is 0.164 e. The van der Waals surface area contributed by atoms with Gasteiger partial charge in [-0.3, -0.25) is 9.78 Å². The Morgan fingerprint density at radius 2 is 1.54 bits per heavy atom. The Hall–Kier alpha value is -3.86. The minimum atomic E-state index is -0.337. The van der Waals surface area contributed by atoms with Gasteiger partial charge in [0.1, 0.15) is 17.2 Å². The van der Waals surface area contributed by atoms with Crippen molar-refractivity contribution < 1.29 is 34.4 Å². The van der Waals surface area contributed by atoms with Crippen LogP contribution in [0.2, 0.25) is 0 Å². The maximum absolute atomic E-state index is 12.2. The number of allylic oxidation sites excluding steroid dienone is 2. The molecule has 0 spiro atoms. The molecule has 0 fully saturated rings. The molecule has 50 heavy (non-hydrogen) atoms. The predicted octanol–water partition coefficient (Wildman–Crippen LogP) is 12.5. The van der Waals surface area contributed by atoms with E-state index in [2.05, 4.69) is 81.4 Å². The largest absolute Gasteiger partial charge is 0.512 e. The number of hydrogen-bond donors (Lipinski definition) is 1. The van der Waals surface area contributed by atoms with Crippen LogP contribution in [0.25, 0.3) is 54.9 Å². The monoisotopic (exact) mass is 848 g/mol. The van der Waals surface area contributed by atoms with Crippen LogP contribution in [-0.4, -0.2) is 20.9 Å². The van der Waals surface area contributed by atoms with Gasteiger partial charge in [0.2, 0.25) is 0 Å². The molecule has 0 saturated carbocycles. The Morgan fingerprint density at radius 3 is 2.18 bits per heavy atom. The summed E-state index contributed by atoms with van der Waals surface area (Å²) in [6.07, 6.45) is 4.75. The van der Waals surface area contributed by atoms with Crippen molar-refractivity contribution in [1.82, 2.24) is 9.97 Å². The van der Waals surface area contributed by atoms with Gasteiger partial charge in [0.05, 0.1) is 11.1 Å². The Kier molecular flexibility index (Phi) is 12.1. The van der Waals surface area contributed by atoms with Gasteiger partial charge in [-0.15, -0.1) is 18.2 Å². The van der Waals surface area contributed by atoms with Crippen molar-refractivity contribution in [3.8, 4) is 11.3 Å². The second-order valence-electron chi connectivity index (χ2n) is 14.3. The van der Waals surface area contributed by atoms with Gasteiger partial charge in [0.15, 0.2) is 5.78 Å². The molecule has 0 aliphatic heterocycles. The number of rotatable bonds is 9. The molecule has 265 valence electrons. The summed E-state index contributed by atoms with van der Waals surface area (Å²) in [6, 6.07) is 24.6. The minimum absolute atomic E-state index is 0. The van der Waals surface area contributed by atoms with Gasteiger partial charge < -0.3 is 9.52 Å². The first kappa shape index (κ1) is 38.9. The fourth-order valence-electron chi connectivity index (χ4n) is 6.42. The van der Waals surface area contributed by atoms with Crippen LogP contribution in [0.15, 0.2) is 76.9 Å². The van der Waals surface area contributed by atoms with Crippen molar-refractivity contribution in [2.75, 3.05) is 0 Å². The van der Waals surface area contributed by atoms with Crippen molar-refractivity contribution in [2.24, 2.45) is 10.8 Å². The molecule has 1 N–H and O–H groups in total. The van der Waals surface area contributed by atoms with E-state index < -0.39 is 0 Å². The van der Waals surface area contributed by atoms with Crippen LogP contribution >= 0.6 is 0 Å². The number of aromatic nitrogens is 2. The van der Waals surface area contributed by atoms with Crippen molar-refractivity contribution in [3.05, 3.63) is 95.5 Å². The second kappa shape index (κ2) is 15.6. The van der Waals surface area contributed by atoms with Gasteiger partial charge in [-0.2, -0.15) is 0 Å². The van der Waals surface area contributed by atoms with Crippen molar-refractivity contribution in [1.29, 1.82) is 0 Å². The van der Waals surface area contributed by atoms with E-state index in [1.807, 2.05) is 54.5 Å². The summed E-state index contributed by atoms with van der Waals surface area (Å²) in [5, 5.41) is 15.7. The van der Waals surface area contributed by atoms with E-state index in [9.17, 15) is 9.90 Å². The molecule has 6 heteroatoms. The van der Waals surface area contributed by atoms with Gasteiger partial charge in [-0.1, -0.05) is 109 Å². The number of aliphatic hydroxyl groups is 1. The quantitative estimate of drug-likeness (QED) is 0.0679. The van der Waals surface area contributed by atoms with E-state index in [4.69, 9.17) is 14.4 Å². The van der Waals surface area contributed by atoms with Gasteiger partial charge in [-0.25, -0.2) is 4.98 Å². The first-order valence-electron chi connectivity index (χ1n) is 17.8. The fraction of sp³-hybridized carbons (Fsp3) is 0.386. The zero-order valence-electron chi connectivity index (χ0n) is 31.2. The second-order valence-corrected chi connectivity index (χ2v) is 14.3. The summed E-state index contributed by atoms with van der Waals surface area (Å²) < 4.78 is 6.44. The number of aryl methyl sites for hydroxylation is 2. The average molecular weight is 848 g/mol. The third kappa shape index (κ3) is 7.29. The van der Waals surface area contributed by atoms with Crippen LogP contribution < -0.4 is 0 Å². The van der Waals surface area contributed by atoms with Crippen LogP contribution in [0.4, 0.5) is 0 Å². The molecule has 2 heterocycles. The van der Waals surface area contributed by atoms with Gasteiger partial charge in [-0.05, 0) is 73.4 Å². The van der Waals surface area contributed by atoms with E-state index in [1.54, 1.807) is 0 Å². The van der Waals surface area contributed by atoms with Crippen LogP contribution in [-0.2, 0) is 24.9 Å². The molecule has 1 radical (unpaired) electrons. The van der Waals surface area contributed by atoms with E-state index in [-0.39, 0.29) is 42.5 Å². The van der Waals surface area contributed by atoms with Crippen LogP contribution in [0.1, 0.15) is 104 Å². The van der Waals surface area contributed by atoms with Gasteiger partial charge in [0, 0.05) is 53.5 Å². The standard InChI is InChI=1S/C29H23N2O.C15H28O2.Ir/c1-16(2)20-12-13-21-22-9-6-10-24(29(22)32-25(21)15-20)27-23-14-11-19-8-5-7-17(3)26(19)28(23)31-18(4)30-27;1-7-14(5,8-2)12(16)11-13(17)15(6,9-3)10-4;/h5-9,11-16H,1-4H3;11,16H,7-10H2,1-6H3;/q-1;;/b;12-11-;. The zero-order chi connectivity index (χ0) is 35.7. The number of benzene rings is 4. The molecule has 6 aromatic rings. The molecule has 0 aliphatic carbocycles. The molecule has 2 aromatic heterocycles. The number of fused-ring (bicyclic) bond motifs is 6. The first-order valence-corrected chi connectivity index (χ1v) is 17.8. The molecule has 0 bridgehead atoms. The SMILES string of the molecule is CCC(C)(CC)C(=O)/C=C(\O)C(C)(CC)CC.Cc1nc(-c2[c-]ccc3c2oc2cc(C(C)C)ccc23)c2ccc3cccc(C)c3c2n1.[Ir]. The Labute approximate surface area is 310 Å². The fourth-order valence-corrected chi connectivity index (χ4v) is 6.42. The van der Waals surface area contributed by atoms with E-state index >= 15 is 0 Å². The molecule has 5 nitrogen and oxygen atoms in total. The van der Waals surface area contributed by atoms with Crippen molar-refractivity contribution in [3.63, 3.8) is 0 Å². The number of ketones is 1. The Morgan fingerprint density at radius 1 is 0.880 bits per heavy atom.